The topological polar surface area (TPSA) is 41.5 Å². The smallest absolute Gasteiger partial charge is 0.119 e. The SMILES string of the molecule is OC(CNCc1sccc1Br)COc1ccc(Br)cc1. The number of halogens is 2. The lowest BCUT2D eigenvalue weighted by Crippen LogP contribution is -2.31. The highest BCUT2D eigenvalue weighted by Crippen LogP contribution is 2.22. The number of hydrogen-bond acceptors (Lipinski definition) is 4. The van der Waals surface area contributed by atoms with Gasteiger partial charge in [0.25, 0.3) is 0 Å². The molecule has 0 aliphatic heterocycles. The van der Waals surface area contributed by atoms with Crippen molar-refractivity contribution in [1.82, 2.24) is 5.32 Å². The Morgan fingerprint density at radius 3 is 2.60 bits per heavy atom. The van der Waals surface area contributed by atoms with E-state index in [0.717, 1.165) is 21.2 Å². The normalized spacial score (nSPS) is 12.3. The number of aliphatic hydroxyl groups is 1. The summed E-state index contributed by atoms with van der Waals surface area (Å²) in [4.78, 5) is 1.23. The van der Waals surface area contributed by atoms with E-state index in [1.165, 1.54) is 4.88 Å². The van der Waals surface area contributed by atoms with Crippen molar-refractivity contribution in [3.63, 3.8) is 0 Å². The van der Waals surface area contributed by atoms with Gasteiger partial charge in [0.2, 0.25) is 0 Å². The van der Waals surface area contributed by atoms with Gasteiger partial charge in [-0.1, -0.05) is 15.9 Å². The molecule has 108 valence electrons. The van der Waals surface area contributed by atoms with Crippen LogP contribution in [0.1, 0.15) is 4.88 Å². The van der Waals surface area contributed by atoms with E-state index < -0.39 is 6.10 Å². The lowest BCUT2D eigenvalue weighted by atomic mass is 10.3. The molecule has 0 spiro atoms. The summed E-state index contributed by atoms with van der Waals surface area (Å²) in [6, 6.07) is 9.58. The van der Waals surface area contributed by atoms with E-state index in [9.17, 15) is 5.11 Å². The molecule has 20 heavy (non-hydrogen) atoms. The summed E-state index contributed by atoms with van der Waals surface area (Å²) in [5, 5.41) is 15.1. The number of hydrogen-bond donors (Lipinski definition) is 2. The van der Waals surface area contributed by atoms with Gasteiger partial charge in [-0.3, -0.25) is 0 Å². The van der Waals surface area contributed by atoms with Crippen molar-refractivity contribution in [3.05, 3.63) is 49.5 Å². The largest absolute Gasteiger partial charge is 0.491 e. The van der Waals surface area contributed by atoms with Crippen LogP contribution in [0.3, 0.4) is 0 Å². The Morgan fingerprint density at radius 2 is 1.95 bits per heavy atom. The van der Waals surface area contributed by atoms with Crippen LogP contribution < -0.4 is 10.1 Å². The third-order valence-electron chi connectivity index (χ3n) is 2.61. The van der Waals surface area contributed by atoms with E-state index in [1.54, 1.807) is 11.3 Å². The first kappa shape index (κ1) is 16.0. The molecule has 1 aromatic carbocycles. The van der Waals surface area contributed by atoms with E-state index in [4.69, 9.17) is 4.74 Å². The maximum absolute atomic E-state index is 9.86. The predicted octanol–water partition coefficient (Wildman–Crippen LogP) is 3.80. The molecule has 0 bridgehead atoms. The van der Waals surface area contributed by atoms with Crippen molar-refractivity contribution in [2.45, 2.75) is 12.6 Å². The number of nitrogens with one attached hydrogen (secondary N) is 1. The summed E-state index contributed by atoms with van der Waals surface area (Å²) < 4.78 is 7.63. The van der Waals surface area contributed by atoms with E-state index in [-0.39, 0.29) is 6.61 Å². The van der Waals surface area contributed by atoms with Crippen molar-refractivity contribution in [2.75, 3.05) is 13.2 Å². The lowest BCUT2D eigenvalue weighted by Gasteiger charge is -2.13. The van der Waals surface area contributed by atoms with Gasteiger partial charge in [0.05, 0.1) is 0 Å². The zero-order valence-corrected chi connectivity index (χ0v) is 14.7. The van der Waals surface area contributed by atoms with Crippen molar-refractivity contribution in [3.8, 4) is 5.75 Å². The molecular formula is C14H15Br2NO2S. The van der Waals surface area contributed by atoms with E-state index in [0.29, 0.717) is 6.54 Å². The highest BCUT2D eigenvalue weighted by Gasteiger charge is 2.06. The average Bonchev–Trinajstić information content (AvgIpc) is 2.84. The highest BCUT2D eigenvalue weighted by molar-refractivity contribution is 9.10. The molecule has 6 heteroatoms. The number of rotatable bonds is 7. The second-order valence-corrected chi connectivity index (χ2v) is 7.01. The van der Waals surface area contributed by atoms with Crippen LogP contribution in [-0.2, 0) is 6.54 Å². The molecule has 0 radical (unpaired) electrons. The molecule has 2 rings (SSSR count). The van der Waals surface area contributed by atoms with E-state index >= 15 is 0 Å². The van der Waals surface area contributed by atoms with Gasteiger partial charge in [0, 0.05) is 26.9 Å². The quantitative estimate of drug-likeness (QED) is 0.715. The zero-order chi connectivity index (χ0) is 14.4. The fourth-order valence-corrected chi connectivity index (χ4v) is 3.31. The molecule has 0 amide bonds. The van der Waals surface area contributed by atoms with Crippen molar-refractivity contribution in [1.29, 1.82) is 0 Å². The van der Waals surface area contributed by atoms with Crippen LogP contribution in [0.2, 0.25) is 0 Å². The van der Waals surface area contributed by atoms with Crippen molar-refractivity contribution >= 4 is 43.2 Å². The third-order valence-corrected chi connectivity index (χ3v) is 5.07. The Morgan fingerprint density at radius 1 is 1.20 bits per heavy atom. The van der Waals surface area contributed by atoms with Crippen LogP contribution in [0.25, 0.3) is 0 Å². The molecule has 0 fully saturated rings. The summed E-state index contributed by atoms with van der Waals surface area (Å²) in [5.41, 5.74) is 0. The lowest BCUT2D eigenvalue weighted by molar-refractivity contribution is 0.106. The number of thiophene rings is 1. The molecule has 1 heterocycles. The van der Waals surface area contributed by atoms with Crippen LogP contribution >= 0.6 is 43.2 Å². The monoisotopic (exact) mass is 419 g/mol. The average molecular weight is 421 g/mol. The predicted molar refractivity (Wildman–Crippen MR) is 89.4 cm³/mol. The molecule has 0 saturated carbocycles. The second kappa shape index (κ2) is 8.14. The first-order valence-electron chi connectivity index (χ1n) is 6.14. The summed E-state index contributed by atoms with van der Waals surface area (Å²) in [5.74, 6) is 0.758. The molecule has 3 nitrogen and oxygen atoms in total. The summed E-state index contributed by atoms with van der Waals surface area (Å²) in [6.07, 6.45) is -0.530. The van der Waals surface area contributed by atoms with Gasteiger partial charge in [0.15, 0.2) is 0 Å². The van der Waals surface area contributed by atoms with Gasteiger partial charge in [-0.15, -0.1) is 11.3 Å². The molecular weight excluding hydrogens is 406 g/mol. The standard InChI is InChI=1S/C14H15Br2NO2S/c15-10-1-3-12(4-2-10)19-9-11(18)7-17-8-14-13(16)5-6-20-14/h1-6,11,17-18H,7-9H2. The molecule has 0 saturated heterocycles. The van der Waals surface area contributed by atoms with E-state index in [2.05, 4.69) is 37.2 Å². The minimum atomic E-state index is -0.530. The van der Waals surface area contributed by atoms with Crippen LogP contribution in [0.4, 0.5) is 0 Å². The number of ether oxygens (including phenoxy) is 1. The number of benzene rings is 1. The fourth-order valence-electron chi connectivity index (χ4n) is 1.59. The van der Waals surface area contributed by atoms with Crippen molar-refractivity contribution < 1.29 is 9.84 Å². The minimum absolute atomic E-state index is 0.278. The van der Waals surface area contributed by atoms with Crippen LogP contribution in [-0.4, -0.2) is 24.4 Å². The Balaban J connectivity index is 1.66. The van der Waals surface area contributed by atoms with Crippen LogP contribution in [0, 0.1) is 0 Å². The Kier molecular flexibility index (Phi) is 6.51. The summed E-state index contributed by atoms with van der Waals surface area (Å²) >= 11 is 8.53. The second-order valence-electron chi connectivity index (χ2n) is 4.24. The molecule has 0 aliphatic carbocycles. The van der Waals surface area contributed by atoms with Gasteiger partial charge < -0.3 is 15.2 Å². The number of aliphatic hydroxyl groups excluding tert-OH is 1. The summed E-state index contributed by atoms with van der Waals surface area (Å²) in [6.45, 7) is 1.52. The third kappa shape index (κ3) is 5.18. The fraction of sp³-hybridized carbons (Fsp3) is 0.286. The molecule has 0 aliphatic rings. The maximum Gasteiger partial charge on any atom is 0.119 e. The Labute approximate surface area is 139 Å². The maximum atomic E-state index is 9.86. The van der Waals surface area contributed by atoms with Gasteiger partial charge in [-0.25, -0.2) is 0 Å². The molecule has 2 N–H and O–H groups in total. The molecule has 2 aromatic rings. The Hall–Kier alpha value is -0.400. The van der Waals surface area contributed by atoms with Gasteiger partial charge in [-0.05, 0) is 51.6 Å². The molecule has 1 aromatic heterocycles. The molecule has 1 unspecified atom stereocenters. The van der Waals surface area contributed by atoms with Crippen LogP contribution in [0.5, 0.6) is 5.75 Å². The first-order valence-corrected chi connectivity index (χ1v) is 8.60. The van der Waals surface area contributed by atoms with E-state index in [1.807, 2.05) is 35.7 Å². The molecule has 1 atom stereocenters. The first-order chi connectivity index (χ1) is 9.65. The van der Waals surface area contributed by atoms with Gasteiger partial charge in [-0.2, -0.15) is 0 Å². The highest BCUT2D eigenvalue weighted by atomic mass is 79.9. The van der Waals surface area contributed by atoms with Gasteiger partial charge in [0.1, 0.15) is 18.5 Å². The van der Waals surface area contributed by atoms with Crippen molar-refractivity contribution in [2.24, 2.45) is 0 Å². The van der Waals surface area contributed by atoms with Gasteiger partial charge >= 0.3 is 0 Å². The minimum Gasteiger partial charge on any atom is -0.491 e. The zero-order valence-electron chi connectivity index (χ0n) is 10.7. The Bertz CT molecular complexity index is 530. The van der Waals surface area contributed by atoms with Crippen LogP contribution in [0.15, 0.2) is 44.7 Å². The summed E-state index contributed by atoms with van der Waals surface area (Å²) in [7, 11) is 0.